The van der Waals surface area contributed by atoms with Gasteiger partial charge < -0.3 is 69.3 Å². The highest BCUT2D eigenvalue weighted by Crippen LogP contribution is 2.61. The molecule has 1 aliphatic rings. The Hall–Kier alpha value is -2.56. The first-order valence-electron chi connectivity index (χ1n) is 17.6. The summed E-state index contributed by atoms with van der Waals surface area (Å²) in [4.78, 5) is 87.6. The maximum Gasteiger partial charge on any atom is 0.481 e. The van der Waals surface area contributed by atoms with Crippen LogP contribution in [0.2, 0.25) is 0 Å². The Kier molecular flexibility index (Phi) is 24.4. The van der Waals surface area contributed by atoms with E-state index in [9.17, 15) is 57.9 Å². The van der Waals surface area contributed by atoms with E-state index in [0.717, 1.165) is 61.1 Å². The Morgan fingerprint density at radius 2 is 1.62 bits per heavy atom. The van der Waals surface area contributed by atoms with E-state index >= 15 is 0 Å². The minimum Gasteiger partial charge on any atom is -0.386 e. The van der Waals surface area contributed by atoms with Crippen molar-refractivity contribution >= 4 is 69.1 Å². The van der Waals surface area contributed by atoms with Crippen molar-refractivity contribution in [1.82, 2.24) is 48.6 Å². The van der Waals surface area contributed by atoms with Crippen LogP contribution in [0.5, 0.6) is 0 Å². The lowest BCUT2D eigenvalue weighted by molar-refractivity contribution is -0.137. The molecular weight excluding hydrogens is 885 g/mol. The normalized spacial score (nSPS) is 20.4. The highest BCUT2D eigenvalue weighted by atomic mass is 32.2. The van der Waals surface area contributed by atoms with Gasteiger partial charge in [0.25, 0.3) is 0 Å². The SMILES string of the molecule is CCCCCCCC(=O)SCCNC(=O)CCNC(=O)[C@H](O)C(C)(C)COP(=O)(O)OP(=O)(O)OC[C@H]1O[C@@H](n2cnc3c(N)ncnc32)C(O)[C@H]1OP(=O)(O)O.N.N.N. The highest BCUT2D eigenvalue weighted by Gasteiger charge is 2.50. The summed E-state index contributed by atoms with van der Waals surface area (Å²) in [6.45, 7) is 2.67. The van der Waals surface area contributed by atoms with Gasteiger partial charge in [-0.25, -0.2) is 28.6 Å². The molecule has 7 atom stereocenters. The van der Waals surface area contributed by atoms with Crippen LogP contribution in [0.25, 0.3) is 11.2 Å². The molecule has 60 heavy (non-hydrogen) atoms. The topological polar surface area (TPSA) is 469 Å². The molecule has 0 aliphatic carbocycles. The van der Waals surface area contributed by atoms with Gasteiger partial charge >= 0.3 is 23.5 Å². The van der Waals surface area contributed by atoms with E-state index in [1.165, 1.54) is 13.8 Å². The summed E-state index contributed by atoms with van der Waals surface area (Å²) in [6.07, 6.45) is -1.22. The molecule has 2 aromatic heterocycles. The number of aliphatic hydroxyl groups is 2. The number of aromatic nitrogens is 4. The number of anilines is 1. The molecule has 3 unspecified atom stereocenters. The largest absolute Gasteiger partial charge is 0.481 e. The molecule has 27 nitrogen and oxygen atoms in total. The molecule has 31 heteroatoms. The van der Waals surface area contributed by atoms with Crippen molar-refractivity contribution in [2.75, 3.05) is 37.8 Å². The summed E-state index contributed by atoms with van der Waals surface area (Å²) < 4.78 is 62.1. The number of unbranched alkanes of at least 4 members (excludes halogenated alkanes) is 4. The zero-order valence-electron chi connectivity index (χ0n) is 33.4. The van der Waals surface area contributed by atoms with Gasteiger partial charge in [0, 0.05) is 37.1 Å². The molecule has 2 aromatic rings. The van der Waals surface area contributed by atoms with Crippen LogP contribution in [0.4, 0.5) is 5.82 Å². The lowest BCUT2D eigenvalue weighted by Crippen LogP contribution is -2.46. The van der Waals surface area contributed by atoms with Crippen molar-refractivity contribution in [2.45, 2.75) is 96.4 Å². The first-order chi connectivity index (χ1) is 26.6. The first kappa shape index (κ1) is 57.4. The van der Waals surface area contributed by atoms with Crippen molar-refractivity contribution in [3.63, 3.8) is 0 Å². The van der Waals surface area contributed by atoms with E-state index in [0.29, 0.717) is 12.2 Å². The van der Waals surface area contributed by atoms with Crippen LogP contribution in [0.1, 0.15) is 71.9 Å². The van der Waals surface area contributed by atoms with Crippen LogP contribution in [-0.4, -0.2) is 123 Å². The number of amides is 2. The summed E-state index contributed by atoms with van der Waals surface area (Å²) in [5, 5.41) is 26.5. The van der Waals surface area contributed by atoms with Gasteiger partial charge in [-0.05, 0) is 6.42 Å². The molecule has 0 saturated carbocycles. The highest BCUT2D eigenvalue weighted by molar-refractivity contribution is 8.13. The lowest BCUT2D eigenvalue weighted by atomic mass is 9.87. The molecule has 0 bridgehead atoms. The molecule has 0 spiro atoms. The van der Waals surface area contributed by atoms with E-state index in [2.05, 4.69) is 41.3 Å². The number of aliphatic hydroxyl groups excluding tert-OH is 2. The monoisotopic (exact) mass is 944 g/mol. The molecule has 0 radical (unpaired) electrons. The summed E-state index contributed by atoms with van der Waals surface area (Å²) in [6, 6.07) is 0. The molecule has 1 saturated heterocycles. The minimum atomic E-state index is -5.57. The average molecular weight is 945 g/mol. The van der Waals surface area contributed by atoms with Gasteiger partial charge in [-0.3, -0.25) is 32.5 Å². The second-order valence-corrected chi connectivity index (χ2v) is 18.8. The van der Waals surface area contributed by atoms with Gasteiger partial charge in [-0.2, -0.15) is 4.31 Å². The second-order valence-electron chi connectivity index (χ2n) is 13.5. The number of nitrogen functional groups attached to an aromatic ring is 1. The fourth-order valence-electron chi connectivity index (χ4n) is 5.24. The summed E-state index contributed by atoms with van der Waals surface area (Å²) in [7, 11) is -16.4. The number of rotatable bonds is 25. The summed E-state index contributed by atoms with van der Waals surface area (Å²) in [5.74, 6) is -1.03. The van der Waals surface area contributed by atoms with Crippen molar-refractivity contribution < 1.29 is 80.5 Å². The number of phosphoric acid groups is 3. The Labute approximate surface area is 349 Å². The zero-order valence-corrected chi connectivity index (χ0v) is 36.9. The van der Waals surface area contributed by atoms with Gasteiger partial charge in [-0.1, -0.05) is 58.2 Å². The van der Waals surface area contributed by atoms with E-state index in [1.54, 1.807) is 0 Å². The van der Waals surface area contributed by atoms with Gasteiger partial charge in [-0.15, -0.1) is 0 Å². The van der Waals surface area contributed by atoms with Crippen LogP contribution < -0.4 is 34.8 Å². The van der Waals surface area contributed by atoms with E-state index in [4.69, 9.17) is 19.5 Å². The molecule has 0 aromatic carbocycles. The van der Waals surface area contributed by atoms with E-state index in [-0.39, 0.29) is 60.1 Å². The van der Waals surface area contributed by atoms with Crippen LogP contribution >= 0.6 is 35.2 Å². The number of phosphoric ester groups is 3. The van der Waals surface area contributed by atoms with Crippen LogP contribution in [0.15, 0.2) is 12.7 Å². The molecule has 3 rings (SSSR count). The average Bonchev–Trinajstić information content (AvgIpc) is 3.68. The first-order valence-corrected chi connectivity index (χ1v) is 23.1. The number of fused-ring (bicyclic) bond motifs is 1. The van der Waals surface area contributed by atoms with Crippen LogP contribution in [-0.2, 0) is 50.7 Å². The third kappa shape index (κ3) is 18.4. The fourth-order valence-corrected chi connectivity index (χ4v) is 8.79. The lowest BCUT2D eigenvalue weighted by Gasteiger charge is -2.30. The predicted molar refractivity (Wildman–Crippen MR) is 216 cm³/mol. The molecule has 1 fully saturated rings. The van der Waals surface area contributed by atoms with E-state index < -0.39 is 84.6 Å². The Bertz CT molecular complexity index is 1830. The van der Waals surface area contributed by atoms with Crippen LogP contribution in [0.3, 0.4) is 0 Å². The molecule has 19 N–H and O–H groups in total. The Morgan fingerprint density at radius 3 is 2.27 bits per heavy atom. The second kappa shape index (κ2) is 25.5. The number of imidazole rings is 1. The molecule has 348 valence electrons. The number of hydrogen-bond donors (Lipinski definition) is 12. The standard InChI is InChI=1S/C29H50N7O17P3S.3H3N/c1-4-5-6-7-8-9-20(38)57-13-12-31-19(37)10-11-32-27(41)24(40)29(2,3)15-50-56(47,48)53-55(45,46)49-14-18-23(52-54(42,43)44)22(39)28(51-18)36-17-35-21-25(30)33-16-34-26(21)36;;;/h16-18,22-24,28,39-40H,4-15H2,1-3H3,(H,31,37)(H,32,41)(H,45,46)(H,47,48)(H2,30,33,34)(H2,42,43,44);3*1H3/t18-,22?,23+,24+,28-;;;/m1.../s1. The third-order valence-corrected chi connectivity index (χ3v) is 12.3. The number of ether oxygens (including phenoxy) is 1. The number of nitrogens with zero attached hydrogens (tertiary/aromatic N) is 4. The third-order valence-electron chi connectivity index (χ3n) is 8.25. The number of carbonyl (C=O) groups excluding carboxylic acids is 3. The van der Waals surface area contributed by atoms with Crippen LogP contribution in [0, 0.1) is 5.41 Å². The summed E-state index contributed by atoms with van der Waals surface area (Å²) >= 11 is 1.13. The van der Waals surface area contributed by atoms with Gasteiger partial charge in [0.2, 0.25) is 11.8 Å². The number of carbonyl (C=O) groups is 3. The van der Waals surface area contributed by atoms with Crippen molar-refractivity contribution in [3.8, 4) is 0 Å². The fraction of sp³-hybridized carbons (Fsp3) is 0.724. The molecular formula is C29H59N10O17P3S. The quantitative estimate of drug-likeness (QED) is 0.0496. The number of thioether (sulfide) groups is 1. The van der Waals surface area contributed by atoms with Crippen molar-refractivity contribution in [2.24, 2.45) is 5.41 Å². The Morgan fingerprint density at radius 1 is 0.967 bits per heavy atom. The van der Waals surface area contributed by atoms with Crippen molar-refractivity contribution in [1.29, 1.82) is 0 Å². The predicted octanol–water partition coefficient (Wildman–Crippen LogP) is 1.51. The molecule has 1 aliphatic heterocycles. The molecule has 2 amide bonds. The molecule has 3 heterocycles. The number of hydrogen-bond acceptors (Lipinski definition) is 21. The van der Waals surface area contributed by atoms with E-state index in [1.807, 2.05) is 0 Å². The Balaban J connectivity index is 0.0000116. The zero-order chi connectivity index (χ0) is 42.6. The van der Waals surface area contributed by atoms with Crippen molar-refractivity contribution in [3.05, 3.63) is 12.7 Å². The maximum absolute atomic E-state index is 12.7. The van der Waals surface area contributed by atoms with Gasteiger partial charge in [0.1, 0.15) is 36.3 Å². The maximum atomic E-state index is 12.7. The van der Waals surface area contributed by atoms with Gasteiger partial charge in [0.15, 0.2) is 22.8 Å². The number of nitrogens with two attached hydrogens (primary N) is 1. The summed E-state index contributed by atoms with van der Waals surface area (Å²) in [5.41, 5.74) is 4.27. The number of nitrogens with one attached hydrogen (secondary N) is 2. The smallest absolute Gasteiger partial charge is 0.386 e. The minimum absolute atomic E-state index is 0. The van der Waals surface area contributed by atoms with Gasteiger partial charge in [0.05, 0.1) is 19.5 Å².